The fourth-order valence-electron chi connectivity index (χ4n) is 2.84. The molecular formula is C21H21Hf. The summed E-state index contributed by atoms with van der Waals surface area (Å²) in [4.78, 5) is 0. The Bertz CT molecular complexity index is 563. The van der Waals surface area contributed by atoms with Crippen LogP contribution in [-0.2, 0) is 34.0 Å². The summed E-state index contributed by atoms with van der Waals surface area (Å²) in [7, 11) is 0. The predicted octanol–water partition coefficient (Wildman–Crippen LogP) is 5.21. The van der Waals surface area contributed by atoms with Gasteiger partial charge in [0, 0.05) is 0 Å². The van der Waals surface area contributed by atoms with Gasteiger partial charge in [-0.1, -0.05) is 0 Å². The van der Waals surface area contributed by atoms with E-state index < -0.39 is 21.4 Å². The molecule has 0 fully saturated rings. The first-order chi connectivity index (χ1) is 10.9. The van der Waals surface area contributed by atoms with Crippen LogP contribution in [0.3, 0.4) is 0 Å². The fourth-order valence-corrected chi connectivity index (χ4v) is 13.0. The second kappa shape index (κ2) is 8.24. The van der Waals surface area contributed by atoms with E-state index in [0.29, 0.717) is 0 Å². The van der Waals surface area contributed by atoms with Crippen molar-refractivity contribution in [2.75, 3.05) is 0 Å². The van der Waals surface area contributed by atoms with Crippen LogP contribution in [0.1, 0.15) is 16.7 Å². The first-order valence-electron chi connectivity index (χ1n) is 7.85. The molecule has 0 aliphatic carbocycles. The molecule has 0 aliphatic heterocycles. The van der Waals surface area contributed by atoms with Gasteiger partial charge in [-0.25, -0.2) is 0 Å². The molecule has 0 saturated carbocycles. The Hall–Kier alpha value is -1.47. The molecular weight excluding hydrogens is 431 g/mol. The van der Waals surface area contributed by atoms with Crippen molar-refractivity contribution >= 4 is 0 Å². The van der Waals surface area contributed by atoms with E-state index in [9.17, 15) is 0 Å². The van der Waals surface area contributed by atoms with Gasteiger partial charge in [0.05, 0.1) is 0 Å². The Morgan fingerprint density at radius 2 is 0.682 bits per heavy atom. The van der Waals surface area contributed by atoms with Gasteiger partial charge >= 0.3 is 142 Å². The average molecular weight is 452 g/mol. The van der Waals surface area contributed by atoms with Gasteiger partial charge in [-0.2, -0.15) is 0 Å². The van der Waals surface area contributed by atoms with Crippen LogP contribution in [-0.4, -0.2) is 0 Å². The molecule has 1 heteroatoms. The molecule has 0 atom stereocenters. The zero-order chi connectivity index (χ0) is 15.0. The molecule has 0 saturated heterocycles. The second-order valence-corrected chi connectivity index (χ2v) is 14.9. The van der Waals surface area contributed by atoms with Crippen LogP contribution in [0.4, 0.5) is 0 Å². The van der Waals surface area contributed by atoms with Crippen LogP contribution in [0.15, 0.2) is 91.0 Å². The van der Waals surface area contributed by atoms with E-state index in [1.54, 1.807) is 0 Å². The summed E-state index contributed by atoms with van der Waals surface area (Å²) in [6, 6.07) is 33.1. The van der Waals surface area contributed by atoms with Gasteiger partial charge in [-0.3, -0.25) is 0 Å². The van der Waals surface area contributed by atoms with Crippen LogP contribution in [0.2, 0.25) is 0 Å². The van der Waals surface area contributed by atoms with Gasteiger partial charge in [0.25, 0.3) is 0 Å². The molecule has 0 spiro atoms. The van der Waals surface area contributed by atoms with E-state index in [2.05, 4.69) is 91.0 Å². The molecule has 0 heterocycles. The number of hydrogen-bond acceptors (Lipinski definition) is 0. The summed E-state index contributed by atoms with van der Waals surface area (Å²) in [5.74, 6) is 0. The fraction of sp³-hybridized carbons (Fsp3) is 0.143. The monoisotopic (exact) mass is 453 g/mol. The maximum atomic E-state index is 2.29. The maximum absolute atomic E-state index is 2.29. The number of benzene rings is 3. The first-order valence-corrected chi connectivity index (χ1v) is 15.5. The molecule has 0 aromatic heterocycles. The third-order valence-corrected chi connectivity index (χ3v) is 13.7. The average Bonchev–Trinajstić information content (AvgIpc) is 2.57. The molecule has 0 bridgehead atoms. The predicted molar refractivity (Wildman–Crippen MR) is 90.4 cm³/mol. The standard InChI is InChI=1S/3C7H7.Hf/c3*1-7-5-3-2-4-6-7;/h3*2-6H,1H2;. The van der Waals surface area contributed by atoms with Crippen molar-refractivity contribution in [3.05, 3.63) is 108 Å². The van der Waals surface area contributed by atoms with Gasteiger partial charge in [-0.05, 0) is 0 Å². The van der Waals surface area contributed by atoms with E-state index in [-0.39, 0.29) is 0 Å². The van der Waals surface area contributed by atoms with Gasteiger partial charge in [0.1, 0.15) is 0 Å². The third-order valence-electron chi connectivity index (χ3n) is 3.89. The molecule has 109 valence electrons. The normalized spacial score (nSPS) is 10.4. The first kappa shape index (κ1) is 15.4. The molecule has 3 rings (SSSR count). The van der Waals surface area contributed by atoms with Gasteiger partial charge in [0.15, 0.2) is 0 Å². The molecule has 3 aromatic rings. The van der Waals surface area contributed by atoms with Crippen LogP contribution < -0.4 is 0 Å². The summed E-state index contributed by atoms with van der Waals surface area (Å²) >= 11 is -1.74. The quantitative estimate of drug-likeness (QED) is 0.452. The number of rotatable bonds is 6. The Morgan fingerprint density at radius 1 is 0.409 bits per heavy atom. The molecule has 3 aromatic carbocycles. The van der Waals surface area contributed by atoms with E-state index in [1.807, 2.05) is 0 Å². The Kier molecular flexibility index (Phi) is 5.78. The topological polar surface area (TPSA) is 0 Å². The summed E-state index contributed by atoms with van der Waals surface area (Å²) in [5, 5.41) is 0. The van der Waals surface area contributed by atoms with Crippen LogP contribution in [0.5, 0.6) is 0 Å². The van der Waals surface area contributed by atoms with Gasteiger partial charge < -0.3 is 0 Å². The minimum atomic E-state index is -1.74. The van der Waals surface area contributed by atoms with Crippen molar-refractivity contribution in [1.82, 2.24) is 0 Å². The Labute approximate surface area is 141 Å². The SMILES string of the molecule is c1ccc([CH2][Hf]([CH2]c2ccccc2)[CH2]c2ccccc2)cc1. The van der Waals surface area contributed by atoms with Crippen LogP contribution >= 0.6 is 0 Å². The summed E-state index contributed by atoms with van der Waals surface area (Å²) in [5.41, 5.74) is 4.57. The van der Waals surface area contributed by atoms with Crippen molar-refractivity contribution < 1.29 is 21.4 Å². The Morgan fingerprint density at radius 3 is 0.955 bits per heavy atom. The third kappa shape index (κ3) is 4.78. The van der Waals surface area contributed by atoms with Crippen molar-refractivity contribution in [3.63, 3.8) is 0 Å². The summed E-state index contributed by atoms with van der Waals surface area (Å²) in [6.45, 7) is 0. The molecule has 0 radical (unpaired) electrons. The molecule has 0 unspecified atom stereocenters. The zero-order valence-corrected chi connectivity index (χ0v) is 16.4. The van der Waals surface area contributed by atoms with Crippen molar-refractivity contribution in [1.29, 1.82) is 0 Å². The van der Waals surface area contributed by atoms with Gasteiger partial charge in [0.2, 0.25) is 0 Å². The second-order valence-electron chi connectivity index (χ2n) is 5.74. The number of hydrogen-bond donors (Lipinski definition) is 0. The minimum absolute atomic E-state index is 1.34. The molecule has 0 N–H and O–H groups in total. The van der Waals surface area contributed by atoms with Crippen LogP contribution in [0.25, 0.3) is 0 Å². The van der Waals surface area contributed by atoms with Crippen molar-refractivity contribution in [3.8, 4) is 0 Å². The van der Waals surface area contributed by atoms with Crippen molar-refractivity contribution in [2.45, 2.75) is 12.5 Å². The molecule has 0 amide bonds. The zero-order valence-electron chi connectivity index (χ0n) is 12.8. The Balaban J connectivity index is 1.75. The van der Waals surface area contributed by atoms with E-state index in [0.717, 1.165) is 0 Å². The molecule has 0 nitrogen and oxygen atoms in total. The van der Waals surface area contributed by atoms with E-state index >= 15 is 0 Å². The molecule has 0 aliphatic rings. The van der Waals surface area contributed by atoms with E-state index in [1.165, 1.54) is 29.2 Å². The summed E-state index contributed by atoms with van der Waals surface area (Å²) < 4.78 is 4.03. The van der Waals surface area contributed by atoms with Crippen molar-refractivity contribution in [2.24, 2.45) is 0 Å². The van der Waals surface area contributed by atoms with Gasteiger partial charge in [-0.15, -0.1) is 0 Å². The van der Waals surface area contributed by atoms with Crippen LogP contribution in [0, 0.1) is 0 Å². The summed E-state index contributed by atoms with van der Waals surface area (Å²) in [6.07, 6.45) is 0. The van der Waals surface area contributed by atoms with E-state index in [4.69, 9.17) is 0 Å². The molecule has 22 heavy (non-hydrogen) atoms.